The highest BCUT2D eigenvalue weighted by Gasteiger charge is 2.25. The molecule has 1 N–H and O–H groups in total. The summed E-state index contributed by atoms with van der Waals surface area (Å²) in [5.74, 6) is -0.150. The van der Waals surface area contributed by atoms with Gasteiger partial charge in [0.1, 0.15) is 0 Å². The Hall–Kier alpha value is -2.19. The summed E-state index contributed by atoms with van der Waals surface area (Å²) in [6, 6.07) is 16.3. The second-order valence-electron chi connectivity index (χ2n) is 6.49. The first kappa shape index (κ1) is 20.5. The van der Waals surface area contributed by atoms with E-state index in [1.54, 1.807) is 30.3 Å². The quantitative estimate of drug-likeness (QED) is 0.781. The first-order valence-electron chi connectivity index (χ1n) is 8.93. The van der Waals surface area contributed by atoms with Crippen molar-refractivity contribution in [1.29, 1.82) is 0 Å². The molecule has 28 heavy (non-hydrogen) atoms. The van der Waals surface area contributed by atoms with E-state index in [0.717, 1.165) is 5.56 Å². The fourth-order valence-corrected chi connectivity index (χ4v) is 4.29. The Labute approximate surface area is 170 Å². The third kappa shape index (κ3) is 5.90. The lowest BCUT2D eigenvalue weighted by molar-refractivity contribution is -0.117. The van der Waals surface area contributed by atoms with E-state index >= 15 is 0 Å². The van der Waals surface area contributed by atoms with Crippen LogP contribution in [0.1, 0.15) is 5.56 Å². The van der Waals surface area contributed by atoms with Crippen LogP contribution in [0.2, 0.25) is 5.02 Å². The molecule has 1 heterocycles. The summed E-state index contributed by atoms with van der Waals surface area (Å²) in [4.78, 5) is 14.1. The number of anilines is 1. The van der Waals surface area contributed by atoms with Crippen LogP contribution in [0, 0.1) is 0 Å². The average Bonchev–Trinajstić information content (AvgIpc) is 2.68. The zero-order valence-electron chi connectivity index (χ0n) is 15.3. The Bertz CT molecular complexity index is 940. The highest BCUT2D eigenvalue weighted by atomic mass is 35.5. The Morgan fingerprint density at radius 3 is 2.43 bits per heavy atom. The summed E-state index contributed by atoms with van der Waals surface area (Å²) in [5, 5.41) is 4.60. The van der Waals surface area contributed by atoms with E-state index < -0.39 is 10.0 Å². The van der Waals surface area contributed by atoms with Gasteiger partial charge in [-0.05, 0) is 29.8 Å². The van der Waals surface area contributed by atoms with Crippen molar-refractivity contribution in [3.63, 3.8) is 0 Å². The topological polar surface area (TPSA) is 69.7 Å². The van der Waals surface area contributed by atoms with Crippen LogP contribution >= 0.6 is 11.6 Å². The molecule has 0 saturated carbocycles. The van der Waals surface area contributed by atoms with Crippen molar-refractivity contribution in [2.24, 2.45) is 0 Å². The number of carbonyl (C=O) groups is 1. The molecule has 1 aliphatic heterocycles. The minimum atomic E-state index is -3.48. The third-order valence-corrected chi connectivity index (χ3v) is 6.20. The number of nitrogens with zero attached hydrogens (tertiary/aromatic N) is 2. The number of nitrogens with one attached hydrogen (secondary N) is 1. The van der Waals surface area contributed by atoms with E-state index in [1.807, 2.05) is 35.2 Å². The normalized spacial score (nSPS) is 16.3. The summed E-state index contributed by atoms with van der Waals surface area (Å²) in [6.07, 6.45) is 1.60. The van der Waals surface area contributed by atoms with Crippen LogP contribution in [0.5, 0.6) is 0 Å². The van der Waals surface area contributed by atoms with Crippen molar-refractivity contribution in [2.75, 3.05) is 38.0 Å². The Balaban J connectivity index is 1.49. The molecule has 1 aliphatic rings. The van der Waals surface area contributed by atoms with Gasteiger partial charge in [0, 0.05) is 42.3 Å². The number of hydrogen-bond acceptors (Lipinski definition) is 4. The van der Waals surface area contributed by atoms with Gasteiger partial charge in [-0.25, -0.2) is 8.42 Å². The average molecular weight is 420 g/mol. The molecule has 0 bridgehead atoms. The van der Waals surface area contributed by atoms with Crippen LogP contribution in [0.4, 0.5) is 5.69 Å². The highest BCUT2D eigenvalue weighted by molar-refractivity contribution is 7.92. The van der Waals surface area contributed by atoms with Gasteiger partial charge in [0.2, 0.25) is 15.9 Å². The second kappa shape index (κ2) is 9.34. The predicted octanol–water partition coefficient (Wildman–Crippen LogP) is 2.90. The van der Waals surface area contributed by atoms with Crippen LogP contribution in [0.3, 0.4) is 0 Å². The molecule has 2 aromatic carbocycles. The van der Waals surface area contributed by atoms with Crippen LogP contribution in [0.15, 0.2) is 60.0 Å². The molecule has 2 aromatic rings. The first-order chi connectivity index (χ1) is 13.4. The number of piperazine rings is 1. The van der Waals surface area contributed by atoms with Crippen LogP contribution in [-0.4, -0.2) is 56.3 Å². The van der Waals surface area contributed by atoms with E-state index in [1.165, 1.54) is 9.71 Å². The maximum atomic E-state index is 12.5. The summed E-state index contributed by atoms with van der Waals surface area (Å²) in [6.45, 7) is 1.92. The number of rotatable bonds is 6. The minimum absolute atomic E-state index is 0.150. The van der Waals surface area contributed by atoms with Crippen LogP contribution < -0.4 is 5.32 Å². The van der Waals surface area contributed by atoms with Gasteiger partial charge < -0.3 is 5.32 Å². The summed E-state index contributed by atoms with van der Waals surface area (Å²) < 4.78 is 26.4. The molecule has 0 aliphatic carbocycles. The van der Waals surface area contributed by atoms with E-state index in [9.17, 15) is 13.2 Å². The number of halogens is 1. The zero-order valence-corrected chi connectivity index (χ0v) is 16.9. The first-order valence-corrected chi connectivity index (χ1v) is 10.8. The largest absolute Gasteiger partial charge is 0.325 e. The molecule has 148 valence electrons. The van der Waals surface area contributed by atoms with Crippen molar-refractivity contribution in [1.82, 2.24) is 9.21 Å². The molecule has 1 saturated heterocycles. The third-order valence-electron chi connectivity index (χ3n) is 4.40. The summed E-state index contributed by atoms with van der Waals surface area (Å²) in [7, 11) is -3.48. The van der Waals surface area contributed by atoms with E-state index in [-0.39, 0.29) is 12.5 Å². The standard InChI is InChI=1S/C20H22ClN3O3S/c21-18-7-4-8-19(15-18)22-20(25)16-23-10-12-24(13-11-23)28(26,27)14-9-17-5-2-1-3-6-17/h1-9,14-15H,10-13,16H2,(H,22,25)/b14-9-. The van der Waals surface area contributed by atoms with E-state index in [4.69, 9.17) is 11.6 Å². The van der Waals surface area contributed by atoms with Gasteiger partial charge >= 0.3 is 0 Å². The number of carbonyl (C=O) groups excluding carboxylic acids is 1. The fraction of sp³-hybridized carbons (Fsp3) is 0.250. The van der Waals surface area contributed by atoms with Gasteiger partial charge in [0.15, 0.2) is 0 Å². The van der Waals surface area contributed by atoms with Gasteiger partial charge in [-0.15, -0.1) is 0 Å². The molecule has 1 fully saturated rings. The number of benzene rings is 2. The molecule has 6 nitrogen and oxygen atoms in total. The molecular weight excluding hydrogens is 398 g/mol. The van der Waals surface area contributed by atoms with Crippen molar-refractivity contribution >= 4 is 39.3 Å². The summed E-state index contributed by atoms with van der Waals surface area (Å²) >= 11 is 5.91. The Kier molecular flexibility index (Phi) is 6.85. The molecule has 0 unspecified atom stereocenters. The van der Waals surface area contributed by atoms with Gasteiger partial charge in [-0.2, -0.15) is 4.31 Å². The van der Waals surface area contributed by atoms with E-state index in [0.29, 0.717) is 36.9 Å². The van der Waals surface area contributed by atoms with Crippen molar-refractivity contribution in [3.8, 4) is 0 Å². The van der Waals surface area contributed by atoms with Gasteiger partial charge in [0.05, 0.1) is 6.54 Å². The molecule has 1 amide bonds. The van der Waals surface area contributed by atoms with Crippen LogP contribution in [-0.2, 0) is 14.8 Å². The zero-order chi connectivity index (χ0) is 20.0. The molecule has 8 heteroatoms. The van der Waals surface area contributed by atoms with Crippen LogP contribution in [0.25, 0.3) is 6.08 Å². The number of amides is 1. The molecule has 3 rings (SSSR count). The second-order valence-corrected chi connectivity index (χ2v) is 8.75. The SMILES string of the molecule is O=C(CN1CCN(S(=O)(=O)/C=C\c2ccccc2)CC1)Nc1cccc(Cl)c1. The Morgan fingerprint density at radius 1 is 1.04 bits per heavy atom. The smallest absolute Gasteiger partial charge is 0.238 e. The minimum Gasteiger partial charge on any atom is -0.325 e. The number of sulfonamides is 1. The van der Waals surface area contributed by atoms with Gasteiger partial charge in [0.25, 0.3) is 0 Å². The van der Waals surface area contributed by atoms with Gasteiger partial charge in [-0.1, -0.05) is 48.0 Å². The lowest BCUT2D eigenvalue weighted by Crippen LogP contribution is -2.49. The lowest BCUT2D eigenvalue weighted by Gasteiger charge is -2.32. The molecule has 0 radical (unpaired) electrons. The number of hydrogen-bond donors (Lipinski definition) is 1. The highest BCUT2D eigenvalue weighted by Crippen LogP contribution is 2.15. The maximum absolute atomic E-state index is 12.5. The summed E-state index contributed by atoms with van der Waals surface area (Å²) in [5.41, 5.74) is 1.48. The fourth-order valence-electron chi connectivity index (χ4n) is 2.93. The lowest BCUT2D eigenvalue weighted by atomic mass is 10.2. The van der Waals surface area contributed by atoms with Crippen molar-refractivity contribution in [3.05, 3.63) is 70.6 Å². The van der Waals surface area contributed by atoms with Crippen molar-refractivity contribution in [2.45, 2.75) is 0 Å². The Morgan fingerprint density at radius 2 is 1.75 bits per heavy atom. The van der Waals surface area contributed by atoms with Gasteiger partial charge in [-0.3, -0.25) is 9.69 Å². The molecule has 0 aromatic heterocycles. The predicted molar refractivity (Wildman–Crippen MR) is 112 cm³/mol. The molecule has 0 spiro atoms. The molecular formula is C20H22ClN3O3S. The van der Waals surface area contributed by atoms with E-state index in [2.05, 4.69) is 5.32 Å². The monoisotopic (exact) mass is 419 g/mol. The maximum Gasteiger partial charge on any atom is 0.238 e. The molecule has 0 atom stereocenters. The van der Waals surface area contributed by atoms with Crippen molar-refractivity contribution < 1.29 is 13.2 Å².